The van der Waals surface area contributed by atoms with Gasteiger partial charge in [-0.15, -0.1) is 0 Å². The number of aromatic nitrogens is 1. The van der Waals surface area contributed by atoms with Crippen LogP contribution in [0.25, 0.3) is 0 Å². The number of aryl methyl sites for hydroxylation is 2. The van der Waals surface area contributed by atoms with Crippen molar-refractivity contribution in [1.29, 1.82) is 0 Å². The topological polar surface area (TPSA) is 25.2 Å². The first-order valence-corrected chi connectivity index (χ1v) is 4.02. The molecule has 1 rings (SSSR count). The lowest BCUT2D eigenvalue weighted by atomic mass is 10.1. The van der Waals surface area contributed by atoms with Gasteiger partial charge in [0.15, 0.2) is 0 Å². The van der Waals surface area contributed by atoms with Gasteiger partial charge in [0.1, 0.15) is 0 Å². The van der Waals surface area contributed by atoms with Gasteiger partial charge < -0.3 is 0 Å². The van der Waals surface area contributed by atoms with Gasteiger partial charge >= 0.3 is 0 Å². The summed E-state index contributed by atoms with van der Waals surface area (Å²) in [6.07, 6.45) is 1.88. The van der Waals surface area contributed by atoms with Crippen LogP contribution >= 0.6 is 0 Å². The fraction of sp³-hybridized carbons (Fsp3) is 0.400. The average Bonchev–Trinajstić information content (AvgIpc) is 2.08. The van der Waals surface area contributed by atoms with Crippen molar-refractivity contribution in [2.45, 2.75) is 20.8 Å². The maximum Gasteiger partial charge on any atom is 0.0463 e. The molecule has 0 radical (unpaired) electrons. The number of hydrogen-bond acceptors (Lipinski definition) is 2. The number of rotatable bonds is 1. The summed E-state index contributed by atoms with van der Waals surface area (Å²) in [5, 5.41) is 0. The van der Waals surface area contributed by atoms with Crippen LogP contribution in [0.1, 0.15) is 23.7 Å². The number of hydrogen-bond donors (Lipinski definition) is 0. The van der Waals surface area contributed by atoms with E-state index in [4.69, 9.17) is 0 Å². The smallest absolute Gasteiger partial charge is 0.0463 e. The zero-order valence-electron chi connectivity index (χ0n) is 8.05. The van der Waals surface area contributed by atoms with Crippen molar-refractivity contribution in [3.05, 3.63) is 29.1 Å². The maximum atomic E-state index is 4.27. The summed E-state index contributed by atoms with van der Waals surface area (Å²) >= 11 is 0. The third kappa shape index (κ3) is 1.70. The molecule has 0 aliphatic heterocycles. The van der Waals surface area contributed by atoms with Crippen LogP contribution in [0.3, 0.4) is 0 Å². The molecule has 0 aromatic carbocycles. The molecule has 0 atom stereocenters. The minimum Gasteiger partial charge on any atom is -0.293 e. The van der Waals surface area contributed by atoms with E-state index in [1.54, 1.807) is 7.05 Å². The second kappa shape index (κ2) is 3.48. The van der Waals surface area contributed by atoms with Crippen molar-refractivity contribution in [1.82, 2.24) is 4.98 Å². The first-order valence-electron chi connectivity index (χ1n) is 4.02. The van der Waals surface area contributed by atoms with Crippen molar-refractivity contribution < 1.29 is 0 Å². The summed E-state index contributed by atoms with van der Waals surface area (Å²) in [7, 11) is 1.80. The summed E-state index contributed by atoms with van der Waals surface area (Å²) in [5.41, 5.74) is 4.42. The van der Waals surface area contributed by atoms with Gasteiger partial charge in [-0.25, -0.2) is 0 Å². The van der Waals surface area contributed by atoms with Gasteiger partial charge in [0, 0.05) is 30.2 Å². The van der Waals surface area contributed by atoms with E-state index in [0.29, 0.717) is 0 Å². The zero-order chi connectivity index (χ0) is 9.14. The number of aliphatic imine (C=N–C) groups is 1. The minimum absolute atomic E-state index is 1.05. The van der Waals surface area contributed by atoms with Gasteiger partial charge in [-0.2, -0.15) is 0 Å². The van der Waals surface area contributed by atoms with E-state index in [0.717, 1.165) is 17.0 Å². The van der Waals surface area contributed by atoms with E-state index in [-0.39, 0.29) is 0 Å². The molecule has 0 fully saturated rings. The molecule has 1 aromatic rings. The lowest BCUT2D eigenvalue weighted by Gasteiger charge is -2.04. The summed E-state index contributed by atoms with van der Waals surface area (Å²) in [5.74, 6) is 0. The van der Waals surface area contributed by atoms with Crippen molar-refractivity contribution >= 4 is 5.71 Å². The van der Waals surface area contributed by atoms with Gasteiger partial charge in [0.2, 0.25) is 0 Å². The summed E-state index contributed by atoms with van der Waals surface area (Å²) in [4.78, 5) is 8.40. The Hall–Kier alpha value is -1.18. The Morgan fingerprint density at radius 3 is 2.67 bits per heavy atom. The molecule has 0 aliphatic rings. The van der Waals surface area contributed by atoms with Crippen LogP contribution in [0.5, 0.6) is 0 Å². The molecule has 1 heterocycles. The fourth-order valence-electron chi connectivity index (χ4n) is 1.12. The van der Waals surface area contributed by atoms with Crippen molar-refractivity contribution in [2.75, 3.05) is 7.05 Å². The van der Waals surface area contributed by atoms with Crippen LogP contribution in [0.4, 0.5) is 0 Å². The van der Waals surface area contributed by atoms with E-state index >= 15 is 0 Å². The lowest BCUT2D eigenvalue weighted by molar-refractivity contribution is 1.15. The van der Waals surface area contributed by atoms with Crippen LogP contribution < -0.4 is 0 Å². The highest BCUT2D eigenvalue weighted by atomic mass is 14.7. The molecule has 0 aliphatic carbocycles. The van der Waals surface area contributed by atoms with E-state index in [9.17, 15) is 0 Å². The number of nitrogens with zero attached hydrogens (tertiary/aromatic N) is 2. The molecule has 0 N–H and O–H groups in total. The van der Waals surface area contributed by atoms with E-state index in [2.05, 4.69) is 16.0 Å². The average molecular weight is 162 g/mol. The van der Waals surface area contributed by atoms with Crippen molar-refractivity contribution in [3.8, 4) is 0 Å². The molecule has 0 saturated heterocycles. The van der Waals surface area contributed by atoms with Crippen LogP contribution in [0.15, 0.2) is 17.3 Å². The summed E-state index contributed by atoms with van der Waals surface area (Å²) in [6, 6.07) is 2.12. The standard InChI is InChI=1S/C10H14N2/c1-7-5-10(8(2)11-4)9(3)12-6-7/h5-6H,1-4H3. The maximum absolute atomic E-state index is 4.27. The molecule has 2 nitrogen and oxygen atoms in total. The van der Waals surface area contributed by atoms with Gasteiger partial charge in [0.25, 0.3) is 0 Å². The van der Waals surface area contributed by atoms with Crippen LogP contribution in [-0.4, -0.2) is 17.7 Å². The molecule has 0 unspecified atom stereocenters. The molecule has 0 bridgehead atoms. The summed E-state index contributed by atoms with van der Waals surface area (Å²) in [6.45, 7) is 6.05. The first kappa shape index (κ1) is 8.91. The highest BCUT2D eigenvalue weighted by Gasteiger charge is 2.01. The lowest BCUT2D eigenvalue weighted by Crippen LogP contribution is -2.00. The highest BCUT2D eigenvalue weighted by molar-refractivity contribution is 5.99. The Morgan fingerprint density at radius 1 is 1.42 bits per heavy atom. The zero-order valence-corrected chi connectivity index (χ0v) is 8.05. The third-order valence-corrected chi connectivity index (χ3v) is 1.95. The Bertz CT molecular complexity index is 314. The molecular formula is C10H14N2. The predicted molar refractivity (Wildman–Crippen MR) is 51.8 cm³/mol. The Balaban J connectivity index is 3.23. The highest BCUT2D eigenvalue weighted by Crippen LogP contribution is 2.08. The molecule has 12 heavy (non-hydrogen) atoms. The Labute approximate surface area is 73.4 Å². The van der Waals surface area contributed by atoms with Crippen molar-refractivity contribution in [2.24, 2.45) is 4.99 Å². The van der Waals surface area contributed by atoms with Gasteiger partial charge in [-0.1, -0.05) is 0 Å². The molecule has 0 amide bonds. The Kier molecular flexibility index (Phi) is 2.58. The van der Waals surface area contributed by atoms with E-state index in [1.807, 2.05) is 27.0 Å². The van der Waals surface area contributed by atoms with Crippen LogP contribution in [0, 0.1) is 13.8 Å². The molecular weight excluding hydrogens is 148 g/mol. The van der Waals surface area contributed by atoms with E-state index < -0.39 is 0 Å². The molecule has 0 spiro atoms. The second-order valence-corrected chi connectivity index (χ2v) is 2.95. The SMILES string of the molecule is CN=C(C)c1cc(C)cnc1C. The van der Waals surface area contributed by atoms with Gasteiger partial charge in [-0.3, -0.25) is 9.98 Å². The molecule has 0 saturated carbocycles. The van der Waals surface area contributed by atoms with Crippen molar-refractivity contribution in [3.63, 3.8) is 0 Å². The number of pyridine rings is 1. The van der Waals surface area contributed by atoms with Gasteiger partial charge in [-0.05, 0) is 32.4 Å². The third-order valence-electron chi connectivity index (χ3n) is 1.95. The quantitative estimate of drug-likeness (QED) is 0.581. The predicted octanol–water partition coefficient (Wildman–Crippen LogP) is 2.14. The largest absolute Gasteiger partial charge is 0.293 e. The van der Waals surface area contributed by atoms with E-state index in [1.165, 1.54) is 5.56 Å². The Morgan fingerprint density at radius 2 is 2.08 bits per heavy atom. The van der Waals surface area contributed by atoms with Gasteiger partial charge in [0.05, 0.1) is 0 Å². The molecule has 2 heteroatoms. The monoisotopic (exact) mass is 162 g/mol. The molecule has 64 valence electrons. The molecule has 1 aromatic heterocycles. The second-order valence-electron chi connectivity index (χ2n) is 2.95. The summed E-state index contributed by atoms with van der Waals surface area (Å²) < 4.78 is 0. The first-order chi connectivity index (χ1) is 5.65. The fourth-order valence-corrected chi connectivity index (χ4v) is 1.12. The van der Waals surface area contributed by atoms with Crippen LogP contribution in [-0.2, 0) is 0 Å². The minimum atomic E-state index is 1.05. The normalized spacial score (nSPS) is 11.8. The van der Waals surface area contributed by atoms with Crippen LogP contribution in [0.2, 0.25) is 0 Å².